The van der Waals surface area contributed by atoms with E-state index in [4.69, 9.17) is 13.6 Å². The highest BCUT2D eigenvalue weighted by atomic mass is 16.5. The molecule has 9 heteroatoms. The van der Waals surface area contributed by atoms with Crippen LogP contribution in [0.25, 0.3) is 22.5 Å². The van der Waals surface area contributed by atoms with Crippen LogP contribution in [-0.4, -0.2) is 27.8 Å². The van der Waals surface area contributed by atoms with Gasteiger partial charge in [-0.1, -0.05) is 30.3 Å². The van der Waals surface area contributed by atoms with Crippen LogP contribution in [0.5, 0.6) is 5.75 Å². The number of hydrogen-bond donors (Lipinski definition) is 1. The van der Waals surface area contributed by atoms with Gasteiger partial charge in [0, 0.05) is 18.7 Å². The van der Waals surface area contributed by atoms with Crippen molar-refractivity contribution >= 4 is 17.1 Å². The molecule has 5 aromatic rings. The summed E-state index contributed by atoms with van der Waals surface area (Å²) in [5, 5.41) is 7.43. The van der Waals surface area contributed by atoms with E-state index in [9.17, 15) is 9.59 Å². The number of hydrogen-bond acceptors (Lipinski definition) is 7. The molecule has 0 aliphatic rings. The van der Waals surface area contributed by atoms with E-state index in [0.29, 0.717) is 34.2 Å². The summed E-state index contributed by atoms with van der Waals surface area (Å²) in [6, 6.07) is 17.5. The monoisotopic (exact) mass is 484 g/mol. The predicted octanol–water partition coefficient (Wildman–Crippen LogP) is 3.95. The lowest BCUT2D eigenvalue weighted by Crippen LogP contribution is -2.31. The fourth-order valence-corrected chi connectivity index (χ4v) is 4.10. The number of fused-ring (bicyclic) bond motifs is 1. The first kappa shape index (κ1) is 23.1. The van der Waals surface area contributed by atoms with E-state index in [-0.39, 0.29) is 28.9 Å². The first-order valence-corrected chi connectivity index (χ1v) is 11.3. The fourth-order valence-electron chi connectivity index (χ4n) is 4.10. The van der Waals surface area contributed by atoms with Crippen molar-refractivity contribution in [2.75, 3.05) is 7.11 Å². The van der Waals surface area contributed by atoms with Gasteiger partial charge in [-0.15, -0.1) is 0 Å². The molecule has 9 nitrogen and oxygen atoms in total. The fraction of sp³-hybridized carbons (Fsp3) is 0.185. The van der Waals surface area contributed by atoms with Crippen LogP contribution in [0.4, 0.5) is 0 Å². The van der Waals surface area contributed by atoms with Crippen LogP contribution in [0.2, 0.25) is 0 Å². The summed E-state index contributed by atoms with van der Waals surface area (Å²) < 4.78 is 18.7. The highest BCUT2D eigenvalue weighted by Gasteiger charge is 2.26. The van der Waals surface area contributed by atoms with Gasteiger partial charge in [0.2, 0.25) is 16.9 Å². The summed E-state index contributed by atoms with van der Waals surface area (Å²) in [4.78, 5) is 30.4. The number of aromatic nitrogens is 3. The second-order valence-corrected chi connectivity index (χ2v) is 8.38. The van der Waals surface area contributed by atoms with Crippen LogP contribution in [0.3, 0.4) is 0 Å². The van der Waals surface area contributed by atoms with E-state index >= 15 is 0 Å². The molecule has 0 aliphatic heterocycles. The Morgan fingerprint density at radius 1 is 1.08 bits per heavy atom. The molecule has 0 radical (unpaired) electrons. The van der Waals surface area contributed by atoms with Crippen molar-refractivity contribution in [2.24, 2.45) is 7.05 Å². The third-order valence-corrected chi connectivity index (χ3v) is 5.78. The Bertz CT molecular complexity index is 1580. The average Bonchev–Trinajstić information content (AvgIpc) is 3.47. The maximum atomic E-state index is 13.4. The van der Waals surface area contributed by atoms with Crippen molar-refractivity contribution in [3.05, 3.63) is 99.9 Å². The van der Waals surface area contributed by atoms with Crippen molar-refractivity contribution in [1.29, 1.82) is 0 Å². The molecule has 0 saturated heterocycles. The van der Waals surface area contributed by atoms with Crippen molar-refractivity contribution < 1.29 is 18.4 Å². The number of nitrogens with zero attached hydrogens (tertiary/aromatic N) is 3. The molecule has 1 N–H and O–H groups in total. The topological polar surface area (TPSA) is 112 Å². The third-order valence-electron chi connectivity index (χ3n) is 5.78. The number of methoxy groups -OCH3 is 1. The van der Waals surface area contributed by atoms with E-state index in [1.165, 1.54) is 6.07 Å². The zero-order valence-corrected chi connectivity index (χ0v) is 20.0. The Labute approximate surface area is 206 Å². The number of carbonyl (C=O) groups excluding carboxylic acids is 1. The number of carbonyl (C=O) groups is 1. The van der Waals surface area contributed by atoms with Gasteiger partial charge in [0.1, 0.15) is 29.6 Å². The van der Waals surface area contributed by atoms with E-state index in [1.54, 1.807) is 56.4 Å². The summed E-state index contributed by atoms with van der Waals surface area (Å²) >= 11 is 0. The Morgan fingerprint density at radius 2 is 1.83 bits per heavy atom. The standard InChI is InChI=1S/C27H24N4O5/c1-16-13-21(32)26-25(35-16)20(24(36-26)18-9-11-19(34-3)12-10-18)14-22(33)29-23(17-7-5-4-6-8-17)27-28-15-31(2)30-27/h4-13,15,23H,14H2,1-3H3,(H,29,33). The smallest absolute Gasteiger partial charge is 0.228 e. The van der Waals surface area contributed by atoms with Gasteiger partial charge in [-0.05, 0) is 36.8 Å². The minimum Gasteiger partial charge on any atom is -0.497 e. The van der Waals surface area contributed by atoms with E-state index in [1.807, 2.05) is 30.3 Å². The van der Waals surface area contributed by atoms with Crippen LogP contribution in [0.15, 0.2) is 80.6 Å². The zero-order valence-electron chi connectivity index (χ0n) is 20.0. The second kappa shape index (κ2) is 9.53. The summed E-state index contributed by atoms with van der Waals surface area (Å²) in [6.45, 7) is 1.68. The molecule has 0 aliphatic carbocycles. The SMILES string of the molecule is COc1ccc(-c2oc3c(=O)cc(C)oc3c2CC(=O)NC(c2ccccc2)c2ncn(C)n2)cc1. The maximum Gasteiger partial charge on any atom is 0.228 e. The van der Waals surface area contributed by atoms with Crippen LogP contribution in [0.1, 0.15) is 28.8 Å². The Hall–Kier alpha value is -4.66. The molecule has 0 fully saturated rings. The maximum absolute atomic E-state index is 13.4. The molecule has 1 unspecified atom stereocenters. The second-order valence-electron chi connectivity index (χ2n) is 8.38. The lowest BCUT2D eigenvalue weighted by molar-refractivity contribution is -0.121. The Balaban J connectivity index is 1.54. The summed E-state index contributed by atoms with van der Waals surface area (Å²) in [5.41, 5.74) is 2.03. The van der Waals surface area contributed by atoms with Crippen LogP contribution < -0.4 is 15.5 Å². The summed E-state index contributed by atoms with van der Waals surface area (Å²) in [7, 11) is 3.35. The van der Waals surface area contributed by atoms with Crippen molar-refractivity contribution in [3.63, 3.8) is 0 Å². The van der Waals surface area contributed by atoms with Gasteiger partial charge in [0.25, 0.3) is 0 Å². The molecule has 0 spiro atoms. The highest BCUT2D eigenvalue weighted by molar-refractivity contribution is 5.90. The first-order valence-electron chi connectivity index (χ1n) is 11.3. The van der Waals surface area contributed by atoms with Crippen LogP contribution in [0, 0.1) is 6.92 Å². The van der Waals surface area contributed by atoms with E-state index in [2.05, 4.69) is 15.4 Å². The molecule has 1 atom stereocenters. The number of ether oxygens (including phenoxy) is 1. The Morgan fingerprint density at radius 3 is 2.50 bits per heavy atom. The summed E-state index contributed by atoms with van der Waals surface area (Å²) in [5.74, 6) is 1.65. The quantitative estimate of drug-likeness (QED) is 0.372. The third kappa shape index (κ3) is 4.50. The van der Waals surface area contributed by atoms with Crippen molar-refractivity contribution in [1.82, 2.24) is 20.1 Å². The van der Waals surface area contributed by atoms with Gasteiger partial charge in [0.05, 0.1) is 19.1 Å². The van der Waals surface area contributed by atoms with E-state index in [0.717, 1.165) is 5.56 Å². The zero-order chi connectivity index (χ0) is 25.2. The van der Waals surface area contributed by atoms with Gasteiger partial charge < -0.3 is 18.9 Å². The normalized spacial score (nSPS) is 12.0. The molecule has 1 amide bonds. The van der Waals surface area contributed by atoms with Crippen LogP contribution >= 0.6 is 0 Å². The number of amides is 1. The number of aryl methyl sites for hydroxylation is 2. The number of nitrogens with one attached hydrogen (secondary N) is 1. The number of rotatable bonds is 7. The number of furan rings is 1. The molecule has 36 heavy (non-hydrogen) atoms. The van der Waals surface area contributed by atoms with E-state index < -0.39 is 6.04 Å². The lowest BCUT2D eigenvalue weighted by Gasteiger charge is -2.16. The van der Waals surface area contributed by atoms with Crippen molar-refractivity contribution in [2.45, 2.75) is 19.4 Å². The van der Waals surface area contributed by atoms with Crippen molar-refractivity contribution in [3.8, 4) is 17.1 Å². The van der Waals surface area contributed by atoms with Crippen LogP contribution in [-0.2, 0) is 18.3 Å². The summed E-state index contributed by atoms with van der Waals surface area (Å²) in [6.07, 6.45) is 1.50. The molecular weight excluding hydrogens is 460 g/mol. The average molecular weight is 485 g/mol. The molecule has 3 aromatic heterocycles. The Kier molecular flexibility index (Phi) is 6.12. The molecule has 3 heterocycles. The molecule has 5 rings (SSSR count). The molecule has 182 valence electrons. The lowest BCUT2D eigenvalue weighted by atomic mass is 10.0. The van der Waals surface area contributed by atoms with Gasteiger partial charge in [-0.2, -0.15) is 5.10 Å². The highest BCUT2D eigenvalue weighted by Crippen LogP contribution is 2.34. The van der Waals surface area contributed by atoms with Gasteiger partial charge in [-0.3, -0.25) is 14.3 Å². The predicted molar refractivity (Wildman–Crippen MR) is 133 cm³/mol. The van der Waals surface area contributed by atoms with Gasteiger partial charge in [0.15, 0.2) is 11.4 Å². The molecule has 0 saturated carbocycles. The van der Waals surface area contributed by atoms with Gasteiger partial charge in [-0.25, -0.2) is 4.98 Å². The number of benzene rings is 2. The van der Waals surface area contributed by atoms with Gasteiger partial charge >= 0.3 is 0 Å². The molecule has 0 bridgehead atoms. The first-order chi connectivity index (χ1) is 17.4. The molecular formula is C27H24N4O5. The minimum absolute atomic E-state index is 0.0696. The molecule has 2 aromatic carbocycles. The largest absolute Gasteiger partial charge is 0.497 e. The minimum atomic E-state index is -0.559.